The van der Waals surface area contributed by atoms with Gasteiger partial charge < -0.3 is 9.47 Å². The zero-order chi connectivity index (χ0) is 14.4. The van der Waals surface area contributed by atoms with Crippen LogP contribution in [0.25, 0.3) is 0 Å². The Balaban J connectivity index is 1.96. The third-order valence-electron chi connectivity index (χ3n) is 2.76. The van der Waals surface area contributed by atoms with Crippen LogP contribution in [0.5, 0.6) is 5.75 Å². The van der Waals surface area contributed by atoms with Crippen LogP contribution < -0.4 is 4.74 Å². The van der Waals surface area contributed by atoms with Crippen molar-refractivity contribution in [1.82, 2.24) is 0 Å². The van der Waals surface area contributed by atoms with Gasteiger partial charge in [-0.2, -0.15) is 5.26 Å². The van der Waals surface area contributed by atoms with Gasteiger partial charge >= 0.3 is 5.97 Å². The Kier molecular flexibility index (Phi) is 4.35. The van der Waals surface area contributed by atoms with Crippen LogP contribution in [-0.4, -0.2) is 13.1 Å². The number of carbonyl (C=O) groups excluding carboxylic acids is 1. The van der Waals surface area contributed by atoms with Gasteiger partial charge in [-0.25, -0.2) is 4.79 Å². The molecule has 0 N–H and O–H groups in total. The third-order valence-corrected chi connectivity index (χ3v) is 2.76. The number of carbonyl (C=O) groups is 1. The Morgan fingerprint density at radius 2 is 1.75 bits per heavy atom. The molecule has 100 valence electrons. The molecule has 0 saturated heterocycles. The maximum absolute atomic E-state index is 11.3. The van der Waals surface area contributed by atoms with E-state index in [1.165, 1.54) is 7.11 Å². The van der Waals surface area contributed by atoms with Gasteiger partial charge in [0.1, 0.15) is 12.4 Å². The molecule has 0 aromatic heterocycles. The fraction of sp³-hybridized carbons (Fsp3) is 0.125. The largest absolute Gasteiger partial charge is 0.489 e. The summed E-state index contributed by atoms with van der Waals surface area (Å²) in [6.07, 6.45) is 0. The maximum Gasteiger partial charge on any atom is 0.337 e. The highest BCUT2D eigenvalue weighted by Gasteiger charge is 2.04. The highest BCUT2D eigenvalue weighted by atomic mass is 16.5. The monoisotopic (exact) mass is 267 g/mol. The molecule has 0 amide bonds. The molecule has 4 nitrogen and oxygen atoms in total. The van der Waals surface area contributed by atoms with Crippen molar-refractivity contribution >= 4 is 5.97 Å². The van der Waals surface area contributed by atoms with Crippen LogP contribution >= 0.6 is 0 Å². The van der Waals surface area contributed by atoms with Gasteiger partial charge in [-0.3, -0.25) is 0 Å². The number of hydrogen-bond donors (Lipinski definition) is 0. The molecule has 4 heteroatoms. The Labute approximate surface area is 117 Å². The Hall–Kier alpha value is -2.80. The molecular weight excluding hydrogens is 254 g/mol. The first-order valence-corrected chi connectivity index (χ1v) is 6.03. The first-order chi connectivity index (χ1) is 9.72. The average Bonchev–Trinajstić information content (AvgIpc) is 2.53. The van der Waals surface area contributed by atoms with Crippen molar-refractivity contribution in [2.75, 3.05) is 7.11 Å². The van der Waals surface area contributed by atoms with Crippen LogP contribution in [0, 0.1) is 11.3 Å². The number of ether oxygens (including phenoxy) is 2. The summed E-state index contributed by atoms with van der Waals surface area (Å²) in [5.41, 5.74) is 2.05. The van der Waals surface area contributed by atoms with E-state index < -0.39 is 0 Å². The van der Waals surface area contributed by atoms with Crippen LogP contribution in [0.4, 0.5) is 0 Å². The molecule has 2 aromatic rings. The molecule has 0 radical (unpaired) electrons. The molecule has 0 unspecified atom stereocenters. The van der Waals surface area contributed by atoms with E-state index in [0.29, 0.717) is 23.5 Å². The van der Waals surface area contributed by atoms with Crippen molar-refractivity contribution in [3.63, 3.8) is 0 Å². The van der Waals surface area contributed by atoms with Gasteiger partial charge in [0, 0.05) is 0 Å². The molecule has 0 aliphatic carbocycles. The second-order valence-corrected chi connectivity index (χ2v) is 4.11. The summed E-state index contributed by atoms with van der Waals surface area (Å²) >= 11 is 0. The van der Waals surface area contributed by atoms with Crippen LogP contribution in [-0.2, 0) is 11.3 Å². The van der Waals surface area contributed by atoms with Gasteiger partial charge in [-0.1, -0.05) is 12.1 Å². The summed E-state index contributed by atoms with van der Waals surface area (Å²) < 4.78 is 10.2. The molecule has 0 aliphatic rings. The maximum atomic E-state index is 11.3. The van der Waals surface area contributed by atoms with Crippen molar-refractivity contribution < 1.29 is 14.3 Å². The number of rotatable bonds is 4. The molecule has 0 heterocycles. The highest BCUT2D eigenvalue weighted by molar-refractivity contribution is 5.89. The number of hydrogen-bond acceptors (Lipinski definition) is 4. The van der Waals surface area contributed by atoms with Crippen LogP contribution in [0.1, 0.15) is 21.5 Å². The molecule has 2 rings (SSSR count). The first kappa shape index (κ1) is 13.6. The Morgan fingerprint density at radius 3 is 2.30 bits per heavy atom. The summed E-state index contributed by atoms with van der Waals surface area (Å²) in [5.74, 6) is 0.339. The van der Waals surface area contributed by atoms with E-state index in [2.05, 4.69) is 10.8 Å². The summed E-state index contributed by atoms with van der Waals surface area (Å²) in [7, 11) is 1.35. The molecule has 0 bridgehead atoms. The van der Waals surface area contributed by atoms with E-state index in [4.69, 9.17) is 10.00 Å². The number of esters is 1. The van der Waals surface area contributed by atoms with Gasteiger partial charge in [-0.05, 0) is 42.0 Å². The summed E-state index contributed by atoms with van der Waals surface area (Å²) in [4.78, 5) is 11.3. The minimum atomic E-state index is -0.357. The number of benzene rings is 2. The fourth-order valence-corrected chi connectivity index (χ4v) is 1.65. The van der Waals surface area contributed by atoms with Gasteiger partial charge in [0.05, 0.1) is 24.3 Å². The third kappa shape index (κ3) is 3.36. The molecule has 0 saturated carbocycles. The van der Waals surface area contributed by atoms with Crippen molar-refractivity contribution in [2.45, 2.75) is 6.61 Å². The lowest BCUT2D eigenvalue weighted by Crippen LogP contribution is -2.01. The summed E-state index contributed by atoms with van der Waals surface area (Å²) in [5, 5.41) is 8.70. The minimum absolute atomic E-state index is 0.357. The standard InChI is InChI=1S/C16H13NO3/c1-19-16(18)14-6-2-13(3-7-14)11-20-15-8-4-12(10-17)5-9-15/h2-9H,11H2,1H3. The molecule has 0 aliphatic heterocycles. The minimum Gasteiger partial charge on any atom is -0.489 e. The zero-order valence-electron chi connectivity index (χ0n) is 11.0. The van der Waals surface area contributed by atoms with Crippen LogP contribution in [0.3, 0.4) is 0 Å². The SMILES string of the molecule is COC(=O)c1ccc(COc2ccc(C#N)cc2)cc1. The number of nitriles is 1. The molecule has 2 aromatic carbocycles. The fourth-order valence-electron chi connectivity index (χ4n) is 1.65. The second-order valence-electron chi connectivity index (χ2n) is 4.11. The van der Waals surface area contributed by atoms with Crippen molar-refractivity contribution in [2.24, 2.45) is 0 Å². The molecular formula is C16H13NO3. The highest BCUT2D eigenvalue weighted by Crippen LogP contribution is 2.14. The zero-order valence-corrected chi connectivity index (χ0v) is 11.0. The molecule has 0 spiro atoms. The first-order valence-electron chi connectivity index (χ1n) is 6.03. The number of methoxy groups -OCH3 is 1. The van der Waals surface area contributed by atoms with E-state index in [1.807, 2.05) is 12.1 Å². The van der Waals surface area contributed by atoms with E-state index in [9.17, 15) is 4.79 Å². The van der Waals surface area contributed by atoms with E-state index in [1.54, 1.807) is 36.4 Å². The average molecular weight is 267 g/mol. The van der Waals surface area contributed by atoms with Gasteiger partial charge in [-0.15, -0.1) is 0 Å². The molecule has 0 fully saturated rings. The van der Waals surface area contributed by atoms with Gasteiger partial charge in [0.2, 0.25) is 0 Å². The van der Waals surface area contributed by atoms with Crippen LogP contribution in [0.2, 0.25) is 0 Å². The second kappa shape index (κ2) is 6.39. The topological polar surface area (TPSA) is 59.3 Å². The smallest absolute Gasteiger partial charge is 0.337 e. The van der Waals surface area contributed by atoms with Gasteiger partial charge in [0.15, 0.2) is 0 Å². The lowest BCUT2D eigenvalue weighted by molar-refractivity contribution is 0.0600. The Morgan fingerprint density at radius 1 is 1.10 bits per heavy atom. The normalized spacial score (nSPS) is 9.60. The van der Waals surface area contributed by atoms with Crippen LogP contribution in [0.15, 0.2) is 48.5 Å². The predicted octanol–water partition coefficient (Wildman–Crippen LogP) is 2.92. The molecule has 20 heavy (non-hydrogen) atoms. The van der Waals surface area contributed by atoms with E-state index in [-0.39, 0.29) is 5.97 Å². The summed E-state index contributed by atoms with van der Waals surface area (Å²) in [6.45, 7) is 0.396. The van der Waals surface area contributed by atoms with Crippen molar-refractivity contribution in [3.8, 4) is 11.8 Å². The predicted molar refractivity (Wildman–Crippen MR) is 73.3 cm³/mol. The van der Waals surface area contributed by atoms with E-state index in [0.717, 1.165) is 5.56 Å². The van der Waals surface area contributed by atoms with Crippen molar-refractivity contribution in [3.05, 3.63) is 65.2 Å². The summed E-state index contributed by atoms with van der Waals surface area (Å²) in [6, 6.07) is 16.0. The lowest BCUT2D eigenvalue weighted by atomic mass is 10.1. The van der Waals surface area contributed by atoms with Gasteiger partial charge in [0.25, 0.3) is 0 Å². The molecule has 0 atom stereocenters. The number of nitrogens with zero attached hydrogens (tertiary/aromatic N) is 1. The quantitative estimate of drug-likeness (QED) is 0.799. The lowest BCUT2D eigenvalue weighted by Gasteiger charge is -2.07. The van der Waals surface area contributed by atoms with Crippen molar-refractivity contribution in [1.29, 1.82) is 5.26 Å². The van der Waals surface area contributed by atoms with E-state index >= 15 is 0 Å². The Bertz CT molecular complexity index is 624.